The van der Waals surface area contributed by atoms with Crippen molar-refractivity contribution in [2.75, 3.05) is 32.9 Å². The number of halogens is 3. The summed E-state index contributed by atoms with van der Waals surface area (Å²) in [6, 6.07) is 5.06. The Morgan fingerprint density at radius 2 is 2.10 bits per heavy atom. The predicted molar refractivity (Wildman–Crippen MR) is 121 cm³/mol. The molecule has 0 saturated heterocycles. The Morgan fingerprint density at radius 1 is 1.28 bits per heavy atom. The van der Waals surface area contributed by atoms with Crippen LogP contribution < -0.4 is 20.1 Å². The minimum absolute atomic E-state index is 0. The molecule has 2 rings (SSSR count). The first kappa shape index (κ1) is 25.4. The highest BCUT2D eigenvalue weighted by molar-refractivity contribution is 14.0. The highest BCUT2D eigenvalue weighted by atomic mass is 127. The van der Waals surface area contributed by atoms with Crippen LogP contribution in [0, 0.1) is 0 Å². The molecule has 6 nitrogen and oxygen atoms in total. The molecule has 29 heavy (non-hydrogen) atoms. The van der Waals surface area contributed by atoms with Crippen molar-refractivity contribution in [1.82, 2.24) is 10.6 Å². The summed E-state index contributed by atoms with van der Waals surface area (Å²) in [6.07, 6.45) is 3.98. The molecule has 0 radical (unpaired) electrons. The van der Waals surface area contributed by atoms with Crippen LogP contribution in [0.3, 0.4) is 0 Å². The molecule has 1 heterocycles. The van der Waals surface area contributed by atoms with E-state index in [4.69, 9.17) is 14.2 Å². The number of hydrogen-bond acceptors (Lipinski definition) is 4. The zero-order valence-electron chi connectivity index (χ0n) is 16.9. The van der Waals surface area contributed by atoms with E-state index in [-0.39, 0.29) is 36.3 Å². The molecule has 2 N–H and O–H groups in total. The van der Waals surface area contributed by atoms with Crippen LogP contribution in [-0.4, -0.2) is 45.5 Å². The van der Waals surface area contributed by atoms with E-state index >= 15 is 0 Å². The molecule has 0 amide bonds. The van der Waals surface area contributed by atoms with Crippen molar-refractivity contribution >= 4 is 29.9 Å². The molecule has 0 unspecified atom stereocenters. The van der Waals surface area contributed by atoms with Gasteiger partial charge in [0.15, 0.2) is 17.5 Å². The number of rotatable bonds is 10. The van der Waals surface area contributed by atoms with Gasteiger partial charge in [0.2, 0.25) is 0 Å². The molecule has 1 aromatic carbocycles. The third-order valence-electron chi connectivity index (χ3n) is 4.11. The van der Waals surface area contributed by atoms with Gasteiger partial charge in [-0.2, -0.15) is 8.78 Å². The molecule has 0 atom stereocenters. The Kier molecular flexibility index (Phi) is 12.6. The number of ether oxygens (including phenoxy) is 3. The van der Waals surface area contributed by atoms with Crippen molar-refractivity contribution in [2.45, 2.75) is 39.8 Å². The summed E-state index contributed by atoms with van der Waals surface area (Å²) in [4.78, 5) is 4.51. The fourth-order valence-electron chi connectivity index (χ4n) is 2.82. The maximum atomic E-state index is 12.8. The SMILES string of the molecule is CCNC(=NCc1cccc(OCC)c1OC(F)F)NCCC1=CCOCC1.I. The lowest BCUT2D eigenvalue weighted by molar-refractivity contribution is -0.0520. The maximum Gasteiger partial charge on any atom is 0.387 e. The molecule has 0 bridgehead atoms. The van der Waals surface area contributed by atoms with Gasteiger partial charge in [-0.25, -0.2) is 4.99 Å². The molecule has 1 aromatic rings. The number of benzene rings is 1. The van der Waals surface area contributed by atoms with Gasteiger partial charge in [0.25, 0.3) is 0 Å². The highest BCUT2D eigenvalue weighted by Crippen LogP contribution is 2.33. The van der Waals surface area contributed by atoms with Crippen molar-refractivity contribution in [1.29, 1.82) is 0 Å². The lowest BCUT2D eigenvalue weighted by Crippen LogP contribution is -2.38. The van der Waals surface area contributed by atoms with Crippen LogP contribution in [0.1, 0.15) is 32.3 Å². The lowest BCUT2D eigenvalue weighted by Gasteiger charge is -2.16. The molecule has 1 aliphatic heterocycles. The largest absolute Gasteiger partial charge is 0.490 e. The topological polar surface area (TPSA) is 64.1 Å². The number of nitrogens with zero attached hydrogens (tertiary/aromatic N) is 1. The summed E-state index contributed by atoms with van der Waals surface area (Å²) in [7, 11) is 0. The van der Waals surface area contributed by atoms with E-state index in [9.17, 15) is 8.78 Å². The molecule has 0 fully saturated rings. The van der Waals surface area contributed by atoms with Gasteiger partial charge in [-0.3, -0.25) is 0 Å². The van der Waals surface area contributed by atoms with Crippen molar-refractivity contribution in [3.05, 3.63) is 35.4 Å². The summed E-state index contributed by atoms with van der Waals surface area (Å²) in [5.74, 6) is 0.950. The Bertz CT molecular complexity index is 672. The quantitative estimate of drug-likeness (QED) is 0.209. The van der Waals surface area contributed by atoms with Crippen LogP contribution in [0.25, 0.3) is 0 Å². The smallest absolute Gasteiger partial charge is 0.387 e. The summed E-state index contributed by atoms with van der Waals surface area (Å²) in [5, 5.41) is 6.44. The fraction of sp³-hybridized carbons (Fsp3) is 0.550. The van der Waals surface area contributed by atoms with Gasteiger partial charge in [0, 0.05) is 18.7 Å². The molecular formula is C20H30F2IN3O3. The number of hydrogen-bond donors (Lipinski definition) is 2. The summed E-state index contributed by atoms with van der Waals surface area (Å²) < 4.78 is 41.1. The summed E-state index contributed by atoms with van der Waals surface area (Å²) >= 11 is 0. The third-order valence-corrected chi connectivity index (χ3v) is 4.11. The van der Waals surface area contributed by atoms with Gasteiger partial charge >= 0.3 is 6.61 Å². The number of para-hydroxylation sites is 1. The molecule has 0 saturated carbocycles. The lowest BCUT2D eigenvalue weighted by atomic mass is 10.1. The zero-order valence-corrected chi connectivity index (χ0v) is 19.2. The first-order valence-electron chi connectivity index (χ1n) is 9.61. The number of guanidine groups is 1. The van der Waals surface area contributed by atoms with E-state index in [0.717, 1.165) is 26.0 Å². The normalized spacial score (nSPS) is 14.1. The van der Waals surface area contributed by atoms with Gasteiger partial charge in [-0.15, -0.1) is 24.0 Å². The molecule has 9 heteroatoms. The minimum Gasteiger partial charge on any atom is -0.490 e. The molecule has 0 aromatic heterocycles. The summed E-state index contributed by atoms with van der Waals surface area (Å²) in [6.45, 7) is 4.25. The molecule has 0 spiro atoms. The molecule has 1 aliphatic rings. The number of nitrogens with one attached hydrogen (secondary N) is 2. The standard InChI is InChI=1S/C20H29F2N3O3.HI/c1-3-23-20(24-11-8-15-9-12-26-13-10-15)25-14-16-6-5-7-17(27-4-2)18(16)28-19(21)22;/h5-7,9,19H,3-4,8,10-14H2,1-2H3,(H2,23,24,25);1H. The highest BCUT2D eigenvalue weighted by Gasteiger charge is 2.15. The Morgan fingerprint density at radius 3 is 2.76 bits per heavy atom. The first-order chi connectivity index (χ1) is 13.6. The van der Waals surface area contributed by atoms with Crippen LogP contribution in [-0.2, 0) is 11.3 Å². The van der Waals surface area contributed by atoms with Gasteiger partial charge in [-0.1, -0.05) is 23.8 Å². The zero-order chi connectivity index (χ0) is 20.2. The van der Waals surface area contributed by atoms with Crippen LogP contribution in [0.4, 0.5) is 8.78 Å². The van der Waals surface area contributed by atoms with E-state index in [2.05, 4.69) is 21.7 Å². The first-order valence-corrected chi connectivity index (χ1v) is 9.61. The Hall–Kier alpha value is -1.62. The second kappa shape index (κ2) is 14.4. The van der Waals surface area contributed by atoms with E-state index in [1.807, 2.05) is 6.92 Å². The molecular weight excluding hydrogens is 495 g/mol. The van der Waals surface area contributed by atoms with Crippen molar-refractivity contribution in [2.24, 2.45) is 4.99 Å². The number of aliphatic imine (C=N–C) groups is 1. The molecule has 164 valence electrons. The van der Waals surface area contributed by atoms with Crippen molar-refractivity contribution in [3.8, 4) is 11.5 Å². The van der Waals surface area contributed by atoms with Crippen molar-refractivity contribution in [3.63, 3.8) is 0 Å². The fourth-order valence-corrected chi connectivity index (χ4v) is 2.82. The third kappa shape index (κ3) is 9.16. The van der Waals surface area contributed by atoms with Gasteiger partial charge in [-0.05, 0) is 32.8 Å². The van der Waals surface area contributed by atoms with Crippen LogP contribution in [0.2, 0.25) is 0 Å². The Labute approximate surface area is 188 Å². The van der Waals surface area contributed by atoms with Crippen molar-refractivity contribution < 1.29 is 23.0 Å². The maximum absolute atomic E-state index is 12.8. The van der Waals surface area contributed by atoms with E-state index in [1.54, 1.807) is 25.1 Å². The second-order valence-electron chi connectivity index (χ2n) is 6.12. The minimum atomic E-state index is -2.93. The van der Waals surface area contributed by atoms with E-state index < -0.39 is 6.61 Å². The summed E-state index contributed by atoms with van der Waals surface area (Å²) in [5.41, 5.74) is 1.90. The van der Waals surface area contributed by atoms with Gasteiger partial charge in [0.05, 0.1) is 26.4 Å². The molecule has 0 aliphatic carbocycles. The van der Waals surface area contributed by atoms with Crippen LogP contribution in [0.5, 0.6) is 11.5 Å². The van der Waals surface area contributed by atoms with E-state index in [1.165, 1.54) is 5.57 Å². The average Bonchev–Trinajstić information content (AvgIpc) is 2.68. The van der Waals surface area contributed by atoms with E-state index in [0.29, 0.717) is 37.0 Å². The average molecular weight is 525 g/mol. The number of alkyl halides is 2. The van der Waals surface area contributed by atoms with Gasteiger partial charge in [0.1, 0.15) is 0 Å². The van der Waals surface area contributed by atoms with Gasteiger partial charge < -0.3 is 24.8 Å². The second-order valence-corrected chi connectivity index (χ2v) is 6.12. The Balaban J connectivity index is 0.00000420. The van der Waals surface area contributed by atoms with Crippen LogP contribution >= 0.6 is 24.0 Å². The van der Waals surface area contributed by atoms with Crippen LogP contribution in [0.15, 0.2) is 34.8 Å². The monoisotopic (exact) mass is 525 g/mol. The predicted octanol–water partition coefficient (Wildman–Crippen LogP) is 4.10.